The lowest BCUT2D eigenvalue weighted by Gasteiger charge is -2.40. The van der Waals surface area contributed by atoms with Crippen molar-refractivity contribution in [3.05, 3.63) is 53.3 Å². The van der Waals surface area contributed by atoms with E-state index in [0.717, 1.165) is 25.2 Å². The third-order valence-electron chi connectivity index (χ3n) is 5.38. The van der Waals surface area contributed by atoms with E-state index in [9.17, 15) is 4.79 Å². The summed E-state index contributed by atoms with van der Waals surface area (Å²) in [6.45, 7) is 2.93. The first-order valence-corrected chi connectivity index (χ1v) is 9.21. The molecule has 0 bridgehead atoms. The lowest BCUT2D eigenvalue weighted by atomic mass is 9.87. The summed E-state index contributed by atoms with van der Waals surface area (Å²) in [5, 5.41) is 4.37. The predicted octanol–water partition coefficient (Wildman–Crippen LogP) is 2.03. The molecule has 2 heterocycles. The van der Waals surface area contributed by atoms with Crippen LogP contribution in [-0.2, 0) is 13.6 Å². The van der Waals surface area contributed by atoms with Gasteiger partial charge in [-0.25, -0.2) is 0 Å². The number of nitrogens with two attached hydrogens (primary N) is 1. The average Bonchev–Trinajstić information content (AvgIpc) is 3.01. The molecule has 1 aromatic carbocycles. The van der Waals surface area contributed by atoms with Gasteiger partial charge in [-0.05, 0) is 63.2 Å². The van der Waals surface area contributed by atoms with Crippen molar-refractivity contribution >= 4 is 5.91 Å². The van der Waals surface area contributed by atoms with Gasteiger partial charge < -0.3 is 10.6 Å². The third-order valence-corrected chi connectivity index (χ3v) is 5.38. The zero-order valence-corrected chi connectivity index (χ0v) is 15.9. The maximum Gasteiger partial charge on any atom is 0.248 e. The van der Waals surface area contributed by atoms with Crippen LogP contribution in [0.1, 0.15) is 40.5 Å². The molecule has 0 unspecified atom stereocenters. The second-order valence-electron chi connectivity index (χ2n) is 7.47. The SMILES string of the molecule is CN(Cc1cccc(C(N)=O)c1)C[C@@H]1CCCN(C)[C@H]1c1ccnn1C. The molecule has 1 aliphatic rings. The van der Waals surface area contributed by atoms with E-state index >= 15 is 0 Å². The first kappa shape index (κ1) is 18.6. The van der Waals surface area contributed by atoms with Crippen LogP contribution in [0.2, 0.25) is 0 Å². The number of rotatable bonds is 6. The second-order valence-corrected chi connectivity index (χ2v) is 7.47. The molecule has 2 N–H and O–H groups in total. The van der Waals surface area contributed by atoms with Crippen LogP contribution in [0.25, 0.3) is 0 Å². The molecule has 1 fully saturated rings. The number of likely N-dealkylation sites (tertiary alicyclic amines) is 1. The zero-order chi connectivity index (χ0) is 18.7. The summed E-state index contributed by atoms with van der Waals surface area (Å²) in [4.78, 5) is 16.2. The monoisotopic (exact) mass is 355 g/mol. The van der Waals surface area contributed by atoms with Gasteiger partial charge in [0.1, 0.15) is 0 Å². The van der Waals surface area contributed by atoms with Crippen LogP contribution in [0.5, 0.6) is 0 Å². The number of nitrogens with zero attached hydrogens (tertiary/aromatic N) is 4. The number of primary amides is 1. The van der Waals surface area contributed by atoms with Crippen LogP contribution in [0.3, 0.4) is 0 Å². The fraction of sp³-hybridized carbons (Fsp3) is 0.500. The summed E-state index contributed by atoms with van der Waals surface area (Å²) in [7, 11) is 6.37. The number of carbonyl (C=O) groups is 1. The normalized spacial score (nSPS) is 21.2. The molecular weight excluding hydrogens is 326 g/mol. The van der Waals surface area contributed by atoms with Crippen molar-refractivity contribution in [2.45, 2.75) is 25.4 Å². The molecule has 3 rings (SSSR count). The van der Waals surface area contributed by atoms with E-state index in [-0.39, 0.29) is 5.91 Å². The highest BCUT2D eigenvalue weighted by molar-refractivity contribution is 5.92. The first-order chi connectivity index (χ1) is 12.5. The molecule has 140 valence electrons. The number of aromatic nitrogens is 2. The number of hydrogen-bond acceptors (Lipinski definition) is 4. The Morgan fingerprint density at radius 3 is 2.85 bits per heavy atom. The Labute approximate surface area is 155 Å². The minimum absolute atomic E-state index is 0.375. The van der Waals surface area contributed by atoms with E-state index in [4.69, 9.17) is 5.73 Å². The van der Waals surface area contributed by atoms with Crippen LogP contribution in [-0.4, -0.2) is 52.7 Å². The molecule has 26 heavy (non-hydrogen) atoms. The Morgan fingerprint density at radius 2 is 2.15 bits per heavy atom. The molecule has 1 saturated heterocycles. The number of benzene rings is 1. The number of amides is 1. The Balaban J connectivity index is 1.70. The van der Waals surface area contributed by atoms with Gasteiger partial charge in [-0.2, -0.15) is 5.10 Å². The highest BCUT2D eigenvalue weighted by Crippen LogP contribution is 2.35. The van der Waals surface area contributed by atoms with Crippen molar-refractivity contribution in [2.75, 3.05) is 27.2 Å². The summed E-state index contributed by atoms with van der Waals surface area (Å²) < 4.78 is 2.00. The molecular formula is C20H29N5O. The Bertz CT molecular complexity index is 756. The largest absolute Gasteiger partial charge is 0.366 e. The Morgan fingerprint density at radius 1 is 1.35 bits per heavy atom. The highest BCUT2D eigenvalue weighted by Gasteiger charge is 2.32. The van der Waals surface area contributed by atoms with Crippen LogP contribution < -0.4 is 5.73 Å². The maximum absolute atomic E-state index is 11.4. The van der Waals surface area contributed by atoms with E-state index in [2.05, 4.69) is 41.1 Å². The lowest BCUT2D eigenvalue weighted by Crippen LogP contribution is -2.41. The van der Waals surface area contributed by atoms with Crippen LogP contribution in [0, 0.1) is 5.92 Å². The molecule has 0 aliphatic carbocycles. The smallest absolute Gasteiger partial charge is 0.248 e. The molecule has 6 heteroatoms. The topological polar surface area (TPSA) is 67.4 Å². The summed E-state index contributed by atoms with van der Waals surface area (Å²) in [6.07, 6.45) is 4.32. The van der Waals surface area contributed by atoms with Gasteiger partial charge in [-0.3, -0.25) is 14.4 Å². The molecule has 1 aliphatic heterocycles. The fourth-order valence-electron chi connectivity index (χ4n) is 4.19. The van der Waals surface area contributed by atoms with Gasteiger partial charge in [0.05, 0.1) is 11.7 Å². The van der Waals surface area contributed by atoms with Crippen LogP contribution in [0.15, 0.2) is 36.5 Å². The van der Waals surface area contributed by atoms with Gasteiger partial charge in [0.2, 0.25) is 5.91 Å². The minimum Gasteiger partial charge on any atom is -0.366 e. The van der Waals surface area contributed by atoms with E-state index in [1.54, 1.807) is 6.07 Å². The Hall–Kier alpha value is -2.18. The number of piperidine rings is 1. The van der Waals surface area contributed by atoms with E-state index in [1.807, 2.05) is 30.1 Å². The minimum atomic E-state index is -0.375. The van der Waals surface area contributed by atoms with Crippen molar-refractivity contribution in [2.24, 2.45) is 18.7 Å². The molecule has 2 aromatic rings. The fourth-order valence-corrected chi connectivity index (χ4v) is 4.19. The molecule has 1 aromatic heterocycles. The zero-order valence-electron chi connectivity index (χ0n) is 15.9. The molecule has 2 atom stereocenters. The summed E-state index contributed by atoms with van der Waals surface area (Å²) in [6, 6.07) is 10.1. The standard InChI is InChI=1S/C20H29N5O/c1-23(13-15-6-4-7-16(12-15)20(21)26)14-17-8-5-11-24(2)19(17)18-9-10-22-25(18)3/h4,6-7,9-10,12,17,19H,5,8,11,13-14H2,1-3H3,(H2,21,26)/t17-,19+/m0/s1. The van der Waals surface area contributed by atoms with E-state index in [1.165, 1.54) is 18.5 Å². The van der Waals surface area contributed by atoms with Gasteiger partial charge in [-0.15, -0.1) is 0 Å². The Kier molecular flexibility index (Phi) is 5.74. The van der Waals surface area contributed by atoms with Crippen molar-refractivity contribution < 1.29 is 4.79 Å². The summed E-state index contributed by atoms with van der Waals surface area (Å²) in [5.74, 6) is 0.174. The van der Waals surface area contributed by atoms with Gasteiger partial charge >= 0.3 is 0 Å². The maximum atomic E-state index is 11.4. The van der Waals surface area contributed by atoms with Gasteiger partial charge in [0.15, 0.2) is 0 Å². The van der Waals surface area contributed by atoms with Gasteiger partial charge in [0.25, 0.3) is 0 Å². The summed E-state index contributed by atoms with van der Waals surface area (Å²) >= 11 is 0. The van der Waals surface area contributed by atoms with Crippen molar-refractivity contribution in [1.82, 2.24) is 19.6 Å². The number of hydrogen-bond donors (Lipinski definition) is 1. The van der Waals surface area contributed by atoms with E-state index in [0.29, 0.717) is 17.5 Å². The second kappa shape index (κ2) is 8.01. The van der Waals surface area contributed by atoms with Crippen molar-refractivity contribution in [3.8, 4) is 0 Å². The first-order valence-electron chi connectivity index (χ1n) is 9.21. The molecule has 6 nitrogen and oxygen atoms in total. The van der Waals surface area contributed by atoms with Gasteiger partial charge in [0, 0.05) is 31.9 Å². The number of carbonyl (C=O) groups excluding carboxylic acids is 1. The predicted molar refractivity (Wildman–Crippen MR) is 103 cm³/mol. The van der Waals surface area contributed by atoms with Crippen molar-refractivity contribution in [1.29, 1.82) is 0 Å². The van der Waals surface area contributed by atoms with Crippen molar-refractivity contribution in [3.63, 3.8) is 0 Å². The van der Waals surface area contributed by atoms with Crippen LogP contribution >= 0.6 is 0 Å². The van der Waals surface area contributed by atoms with Gasteiger partial charge in [-0.1, -0.05) is 12.1 Å². The lowest BCUT2D eigenvalue weighted by molar-refractivity contribution is 0.0872. The number of aryl methyl sites for hydroxylation is 1. The highest BCUT2D eigenvalue weighted by atomic mass is 16.1. The molecule has 0 radical (unpaired) electrons. The average molecular weight is 355 g/mol. The molecule has 0 saturated carbocycles. The van der Waals surface area contributed by atoms with E-state index < -0.39 is 0 Å². The molecule has 0 spiro atoms. The summed E-state index contributed by atoms with van der Waals surface area (Å²) in [5.41, 5.74) is 8.36. The third kappa shape index (κ3) is 4.14. The quantitative estimate of drug-likeness (QED) is 0.861. The van der Waals surface area contributed by atoms with Crippen LogP contribution in [0.4, 0.5) is 0 Å². The molecule has 1 amide bonds.